The first-order chi connectivity index (χ1) is 8.09. The van der Waals surface area contributed by atoms with E-state index in [1.165, 1.54) is 17.8 Å². The van der Waals surface area contributed by atoms with Crippen molar-refractivity contribution < 1.29 is 9.90 Å². The molecule has 0 spiro atoms. The Labute approximate surface area is 121 Å². The van der Waals surface area contributed by atoms with Crippen LogP contribution in [0.4, 0.5) is 0 Å². The summed E-state index contributed by atoms with van der Waals surface area (Å²) in [6.45, 7) is 1.76. The Kier molecular flexibility index (Phi) is 4.63. The Morgan fingerprint density at radius 2 is 2.00 bits per heavy atom. The summed E-state index contributed by atoms with van der Waals surface area (Å²) in [6.07, 6.45) is 3.40. The normalized spacial score (nSPS) is 19.2. The molecule has 1 aliphatic rings. The Bertz CT molecular complexity index is 396. The Hall–Kier alpha value is 0.0900. The molecule has 0 radical (unpaired) electrons. The summed E-state index contributed by atoms with van der Waals surface area (Å²) in [7, 11) is 0. The summed E-state index contributed by atoms with van der Waals surface area (Å²) in [5, 5.41) is 9.41. The number of carbonyl (C=O) groups is 1. The molecule has 1 saturated heterocycles. The number of piperidine rings is 1. The van der Waals surface area contributed by atoms with Crippen LogP contribution in [-0.4, -0.2) is 29.1 Å². The molecule has 0 saturated carbocycles. The Balaban J connectivity index is 2.24. The van der Waals surface area contributed by atoms with Crippen LogP contribution in [0.3, 0.4) is 0 Å². The lowest BCUT2D eigenvalue weighted by atomic mass is 10.1. The molecule has 2 heterocycles. The van der Waals surface area contributed by atoms with Gasteiger partial charge in [-0.3, -0.25) is 9.69 Å². The van der Waals surface area contributed by atoms with E-state index in [-0.39, 0.29) is 0 Å². The van der Waals surface area contributed by atoms with Crippen LogP contribution in [0.2, 0.25) is 0 Å². The van der Waals surface area contributed by atoms with Crippen molar-refractivity contribution in [3.63, 3.8) is 0 Å². The van der Waals surface area contributed by atoms with Crippen molar-refractivity contribution in [1.29, 1.82) is 0 Å². The van der Waals surface area contributed by atoms with Gasteiger partial charge in [-0.05, 0) is 63.9 Å². The molecular formula is C11H13Br2NO2S. The third kappa shape index (κ3) is 3.10. The molecule has 1 unspecified atom stereocenters. The van der Waals surface area contributed by atoms with Gasteiger partial charge in [-0.2, -0.15) is 0 Å². The Morgan fingerprint density at radius 1 is 1.35 bits per heavy atom. The highest BCUT2D eigenvalue weighted by molar-refractivity contribution is 9.13. The number of halogens is 2. The summed E-state index contributed by atoms with van der Waals surface area (Å²) in [5.41, 5.74) is 0. The van der Waals surface area contributed by atoms with E-state index in [9.17, 15) is 9.90 Å². The first-order valence-electron chi connectivity index (χ1n) is 5.51. The molecule has 0 amide bonds. The molecule has 1 N–H and O–H groups in total. The van der Waals surface area contributed by atoms with Gasteiger partial charge >= 0.3 is 5.97 Å². The molecule has 0 aliphatic carbocycles. The smallest absolute Gasteiger partial charge is 0.326 e. The fourth-order valence-corrected chi connectivity index (χ4v) is 4.35. The molecule has 1 fully saturated rings. The quantitative estimate of drug-likeness (QED) is 0.862. The van der Waals surface area contributed by atoms with Crippen LogP contribution in [0.1, 0.15) is 30.2 Å². The number of likely N-dealkylation sites (tertiary alicyclic amines) is 1. The van der Waals surface area contributed by atoms with Gasteiger partial charge in [-0.25, -0.2) is 0 Å². The number of hydrogen-bond acceptors (Lipinski definition) is 3. The SMILES string of the molecule is O=C(O)C(c1cc(Br)c(Br)s1)N1CCCCC1. The molecule has 2 rings (SSSR count). The maximum absolute atomic E-state index is 11.5. The van der Waals surface area contributed by atoms with E-state index in [2.05, 4.69) is 36.8 Å². The van der Waals surface area contributed by atoms with Crippen molar-refractivity contribution in [3.8, 4) is 0 Å². The van der Waals surface area contributed by atoms with E-state index in [1.54, 1.807) is 0 Å². The van der Waals surface area contributed by atoms with Crippen LogP contribution in [-0.2, 0) is 4.79 Å². The first kappa shape index (κ1) is 13.5. The average Bonchev–Trinajstić information content (AvgIpc) is 2.60. The number of hydrogen-bond donors (Lipinski definition) is 1. The first-order valence-corrected chi connectivity index (χ1v) is 7.91. The number of thiophene rings is 1. The molecule has 1 atom stereocenters. The second kappa shape index (κ2) is 5.82. The fraction of sp³-hybridized carbons (Fsp3) is 0.545. The van der Waals surface area contributed by atoms with Gasteiger partial charge in [-0.15, -0.1) is 11.3 Å². The van der Waals surface area contributed by atoms with Crippen molar-refractivity contribution in [2.24, 2.45) is 0 Å². The standard InChI is InChI=1S/C11H13Br2NO2S/c12-7-6-8(17-10(7)13)9(11(15)16)14-4-2-1-3-5-14/h6,9H,1-5H2,(H,15,16). The van der Waals surface area contributed by atoms with E-state index in [1.807, 2.05) is 6.07 Å². The van der Waals surface area contributed by atoms with E-state index in [0.717, 1.165) is 39.1 Å². The molecular weight excluding hydrogens is 370 g/mol. The minimum absolute atomic E-state index is 0.497. The average molecular weight is 383 g/mol. The van der Waals surface area contributed by atoms with Crippen molar-refractivity contribution >= 4 is 49.2 Å². The third-order valence-corrected chi connectivity index (χ3v) is 6.23. The molecule has 17 heavy (non-hydrogen) atoms. The van der Waals surface area contributed by atoms with Gasteiger partial charge in [0.25, 0.3) is 0 Å². The third-order valence-electron chi connectivity index (χ3n) is 2.92. The summed E-state index contributed by atoms with van der Waals surface area (Å²) in [5.74, 6) is -0.756. The van der Waals surface area contributed by atoms with E-state index >= 15 is 0 Å². The predicted molar refractivity (Wildman–Crippen MR) is 75.5 cm³/mol. The van der Waals surface area contributed by atoms with Gasteiger partial charge in [0.2, 0.25) is 0 Å². The van der Waals surface area contributed by atoms with Crippen molar-refractivity contribution in [2.45, 2.75) is 25.3 Å². The maximum Gasteiger partial charge on any atom is 0.326 e. The van der Waals surface area contributed by atoms with Gasteiger partial charge in [-0.1, -0.05) is 6.42 Å². The van der Waals surface area contributed by atoms with Crippen LogP contribution in [0.25, 0.3) is 0 Å². The molecule has 0 aromatic carbocycles. The highest BCUT2D eigenvalue weighted by atomic mass is 79.9. The monoisotopic (exact) mass is 381 g/mol. The molecule has 94 valence electrons. The summed E-state index contributed by atoms with van der Waals surface area (Å²) in [4.78, 5) is 14.4. The predicted octanol–water partition coefficient (Wildman–Crippen LogP) is 3.88. The molecule has 0 bridgehead atoms. The number of nitrogens with zero attached hydrogens (tertiary/aromatic N) is 1. The van der Waals surface area contributed by atoms with Gasteiger partial charge < -0.3 is 5.11 Å². The second-order valence-corrected chi connectivity index (χ2v) is 7.36. The number of carboxylic acids is 1. The van der Waals surface area contributed by atoms with Crippen LogP contribution in [0.15, 0.2) is 14.3 Å². The van der Waals surface area contributed by atoms with Gasteiger partial charge in [0.05, 0.1) is 3.79 Å². The molecule has 1 aliphatic heterocycles. The highest BCUT2D eigenvalue weighted by Gasteiger charge is 2.30. The van der Waals surface area contributed by atoms with E-state index < -0.39 is 12.0 Å². The summed E-state index contributed by atoms with van der Waals surface area (Å²) < 4.78 is 1.89. The molecule has 3 nitrogen and oxygen atoms in total. The lowest BCUT2D eigenvalue weighted by molar-refractivity contribution is -0.143. The number of aliphatic carboxylic acids is 1. The Morgan fingerprint density at radius 3 is 2.47 bits per heavy atom. The largest absolute Gasteiger partial charge is 0.480 e. The van der Waals surface area contributed by atoms with Gasteiger partial charge in [0.15, 0.2) is 0 Å². The van der Waals surface area contributed by atoms with Gasteiger partial charge in [0.1, 0.15) is 6.04 Å². The zero-order chi connectivity index (χ0) is 12.4. The van der Waals surface area contributed by atoms with Crippen molar-refractivity contribution in [2.75, 3.05) is 13.1 Å². The van der Waals surface area contributed by atoms with Crippen LogP contribution < -0.4 is 0 Å². The van der Waals surface area contributed by atoms with Gasteiger partial charge in [0, 0.05) is 9.35 Å². The maximum atomic E-state index is 11.5. The zero-order valence-corrected chi connectivity index (χ0v) is 13.1. The topological polar surface area (TPSA) is 40.5 Å². The van der Waals surface area contributed by atoms with Crippen LogP contribution in [0, 0.1) is 0 Å². The lowest BCUT2D eigenvalue weighted by Crippen LogP contribution is -2.37. The van der Waals surface area contributed by atoms with Crippen LogP contribution in [0.5, 0.6) is 0 Å². The van der Waals surface area contributed by atoms with Crippen molar-refractivity contribution in [1.82, 2.24) is 4.90 Å². The van der Waals surface area contributed by atoms with E-state index in [4.69, 9.17) is 0 Å². The lowest BCUT2D eigenvalue weighted by Gasteiger charge is -2.31. The highest BCUT2D eigenvalue weighted by Crippen LogP contribution is 2.38. The molecule has 1 aromatic heterocycles. The van der Waals surface area contributed by atoms with E-state index in [0.29, 0.717) is 0 Å². The number of carboxylic acid groups (broad SMARTS) is 1. The number of rotatable bonds is 3. The van der Waals surface area contributed by atoms with Crippen molar-refractivity contribution in [3.05, 3.63) is 19.2 Å². The minimum Gasteiger partial charge on any atom is -0.480 e. The van der Waals surface area contributed by atoms with Crippen LogP contribution >= 0.6 is 43.2 Å². The zero-order valence-electron chi connectivity index (χ0n) is 9.16. The molecule has 6 heteroatoms. The second-order valence-electron chi connectivity index (χ2n) is 4.11. The summed E-state index contributed by atoms with van der Waals surface area (Å²) >= 11 is 8.32. The summed E-state index contributed by atoms with van der Waals surface area (Å²) in [6, 6.07) is 1.41. The minimum atomic E-state index is -0.756. The fourth-order valence-electron chi connectivity index (χ4n) is 2.13. The molecule has 1 aromatic rings.